The molecular formula is C54H96. The summed E-state index contributed by atoms with van der Waals surface area (Å²) in [5.74, 6) is 3.33. The van der Waals surface area contributed by atoms with Gasteiger partial charge >= 0.3 is 0 Å². The molecule has 2 fully saturated rings. The molecule has 0 amide bonds. The lowest BCUT2D eigenvalue weighted by atomic mass is 9.62. The Morgan fingerprint density at radius 3 is 1.13 bits per heavy atom. The van der Waals surface area contributed by atoms with E-state index in [1.54, 1.807) is 25.7 Å². The van der Waals surface area contributed by atoms with Crippen LogP contribution < -0.4 is 0 Å². The number of rotatable bonds is 5. The highest BCUT2D eigenvalue weighted by Gasteiger charge is 2.41. The molecule has 2 aliphatic carbocycles. The summed E-state index contributed by atoms with van der Waals surface area (Å²) in [6.07, 6.45) is 11.3. The maximum Gasteiger partial charge on any atom is -0.00550 e. The molecule has 0 aliphatic heterocycles. The smallest absolute Gasteiger partial charge is 0.00550 e. The number of benzene rings is 2. The topological polar surface area (TPSA) is 0 Å². The summed E-state index contributed by atoms with van der Waals surface area (Å²) in [6, 6.07) is 18.3. The number of hydrogen-bond donors (Lipinski definition) is 0. The minimum atomic E-state index is 0.164. The van der Waals surface area contributed by atoms with E-state index in [0.29, 0.717) is 21.7 Å². The van der Waals surface area contributed by atoms with Crippen LogP contribution in [0.15, 0.2) is 48.5 Å². The molecule has 0 aromatic heterocycles. The van der Waals surface area contributed by atoms with E-state index >= 15 is 0 Å². The second-order valence-electron chi connectivity index (χ2n) is 25.7. The van der Waals surface area contributed by atoms with Crippen LogP contribution in [0.3, 0.4) is 0 Å². The fraction of sp³-hybridized carbons (Fsp3) is 0.778. The Morgan fingerprint density at radius 2 is 0.852 bits per heavy atom. The Bertz CT molecular complexity index is 1300. The van der Waals surface area contributed by atoms with Crippen molar-refractivity contribution in [3.8, 4) is 0 Å². The summed E-state index contributed by atoms with van der Waals surface area (Å²) >= 11 is 0. The van der Waals surface area contributed by atoms with Gasteiger partial charge in [-0.25, -0.2) is 0 Å². The summed E-state index contributed by atoms with van der Waals surface area (Å²) in [7, 11) is 0. The van der Waals surface area contributed by atoms with Gasteiger partial charge in [0.15, 0.2) is 0 Å². The summed E-state index contributed by atoms with van der Waals surface area (Å²) in [6.45, 7) is 53.3. The molecule has 0 spiro atoms. The fourth-order valence-electron chi connectivity index (χ4n) is 7.65. The van der Waals surface area contributed by atoms with Gasteiger partial charge in [-0.1, -0.05) is 221 Å². The first-order valence-corrected chi connectivity index (χ1v) is 22.2. The van der Waals surface area contributed by atoms with Crippen LogP contribution in [0.1, 0.15) is 220 Å². The Morgan fingerprint density at radius 1 is 0.463 bits per heavy atom. The Balaban J connectivity index is 0.000000384. The largest absolute Gasteiger partial charge is 0.0649 e. The molecule has 0 radical (unpaired) electrons. The van der Waals surface area contributed by atoms with Crippen LogP contribution in [-0.2, 0) is 23.7 Å². The van der Waals surface area contributed by atoms with Gasteiger partial charge in [-0.15, -0.1) is 0 Å². The maximum atomic E-state index is 2.43. The minimum Gasteiger partial charge on any atom is -0.0649 e. The highest BCUT2D eigenvalue weighted by molar-refractivity contribution is 5.35. The molecule has 3 unspecified atom stereocenters. The molecule has 4 rings (SSSR count). The summed E-state index contributed by atoms with van der Waals surface area (Å²) in [5, 5.41) is 0. The summed E-state index contributed by atoms with van der Waals surface area (Å²) in [5.41, 5.74) is 8.50. The lowest BCUT2D eigenvalue weighted by molar-refractivity contribution is 0.217. The van der Waals surface area contributed by atoms with E-state index in [9.17, 15) is 0 Å². The Hall–Kier alpha value is -1.56. The van der Waals surface area contributed by atoms with E-state index in [2.05, 4.69) is 208 Å². The predicted octanol–water partition coefficient (Wildman–Crippen LogP) is 17.5. The van der Waals surface area contributed by atoms with E-state index in [1.165, 1.54) is 35.1 Å². The van der Waals surface area contributed by atoms with Gasteiger partial charge < -0.3 is 0 Å². The molecule has 2 aromatic carbocycles. The molecule has 2 aromatic rings. The standard InChI is InChI=1S/C20H34.C16H26.C12H22.C6H14/c1-17(2,3)19(7,8)15-12-11-13-16(14-15)20(9,10)18(4,5)6;1-15(2,3)11-13-8-7-9-14(10-13)12-16(4,5)6;1-12(2,3)8-11-7-9-4-5-10(11)6-9;1-5-6(2,3)4/h11-14H,1-10H3;7-10H,11-12H2,1-6H3;9-11H,4-8H2,1-3H3;5H2,1-4H3. The molecule has 0 N–H and O–H groups in total. The molecule has 2 saturated carbocycles. The molecule has 54 heavy (non-hydrogen) atoms. The van der Waals surface area contributed by atoms with E-state index < -0.39 is 0 Å². The molecule has 0 nitrogen and oxygen atoms in total. The van der Waals surface area contributed by atoms with Gasteiger partial charge in [-0.05, 0) is 122 Å². The molecule has 2 aliphatic rings. The van der Waals surface area contributed by atoms with Crippen molar-refractivity contribution in [1.82, 2.24) is 0 Å². The van der Waals surface area contributed by atoms with Gasteiger partial charge in [-0.2, -0.15) is 0 Å². The molecule has 2 bridgehead atoms. The van der Waals surface area contributed by atoms with Crippen LogP contribution in [-0.4, -0.2) is 0 Å². The molecule has 0 heterocycles. The van der Waals surface area contributed by atoms with E-state index in [1.807, 2.05) is 0 Å². The van der Waals surface area contributed by atoms with Crippen molar-refractivity contribution < 1.29 is 0 Å². The van der Waals surface area contributed by atoms with Crippen molar-refractivity contribution in [2.75, 3.05) is 0 Å². The number of fused-ring (bicyclic) bond motifs is 2. The number of hydrogen-bond acceptors (Lipinski definition) is 0. The quantitative estimate of drug-likeness (QED) is 0.286. The second-order valence-corrected chi connectivity index (χ2v) is 25.7. The van der Waals surface area contributed by atoms with Crippen LogP contribution in [0.2, 0.25) is 0 Å². The van der Waals surface area contributed by atoms with Crippen LogP contribution in [0.4, 0.5) is 0 Å². The van der Waals surface area contributed by atoms with Crippen molar-refractivity contribution in [3.63, 3.8) is 0 Å². The van der Waals surface area contributed by atoms with Gasteiger partial charge in [0, 0.05) is 0 Å². The zero-order valence-corrected chi connectivity index (χ0v) is 41.0. The zero-order chi connectivity index (χ0) is 42.4. The third kappa shape index (κ3) is 17.7. The zero-order valence-electron chi connectivity index (χ0n) is 41.0. The van der Waals surface area contributed by atoms with Gasteiger partial charge in [0.05, 0.1) is 0 Å². The van der Waals surface area contributed by atoms with Crippen molar-refractivity contribution in [3.05, 3.63) is 70.8 Å². The third-order valence-corrected chi connectivity index (χ3v) is 13.3. The van der Waals surface area contributed by atoms with Crippen LogP contribution in [0.25, 0.3) is 0 Å². The van der Waals surface area contributed by atoms with Gasteiger partial charge in [0.25, 0.3) is 0 Å². The van der Waals surface area contributed by atoms with Crippen LogP contribution in [0, 0.1) is 50.2 Å². The molecule has 0 heteroatoms. The second kappa shape index (κ2) is 18.8. The fourth-order valence-corrected chi connectivity index (χ4v) is 7.65. The normalized spacial score (nSPS) is 19.6. The van der Waals surface area contributed by atoms with Crippen molar-refractivity contribution in [2.24, 2.45) is 50.2 Å². The van der Waals surface area contributed by atoms with E-state index in [4.69, 9.17) is 0 Å². The average Bonchev–Trinajstić information content (AvgIpc) is 3.58. The minimum absolute atomic E-state index is 0.164. The molecule has 0 saturated heterocycles. The first-order chi connectivity index (χ1) is 24.0. The van der Waals surface area contributed by atoms with Crippen molar-refractivity contribution in [2.45, 2.75) is 221 Å². The lowest BCUT2D eigenvalue weighted by Gasteiger charge is -2.42. The summed E-state index contributed by atoms with van der Waals surface area (Å²) < 4.78 is 0. The molecule has 312 valence electrons. The van der Waals surface area contributed by atoms with E-state index in [0.717, 1.165) is 30.6 Å². The SMILES string of the molecule is CC(C)(C)C(C)(C)c1cccc(C(C)(C)C(C)(C)C)c1.CC(C)(C)CC1CC2CCC1C2.CC(C)(C)Cc1cccc(CC(C)(C)C)c1.CCC(C)(C)C. The van der Waals surface area contributed by atoms with Crippen molar-refractivity contribution >= 4 is 0 Å². The monoisotopic (exact) mass is 745 g/mol. The first kappa shape index (κ1) is 50.5. The first-order valence-electron chi connectivity index (χ1n) is 22.2. The summed E-state index contributed by atoms with van der Waals surface area (Å²) in [4.78, 5) is 0. The lowest BCUT2D eigenvalue weighted by Crippen LogP contribution is -2.36. The van der Waals surface area contributed by atoms with Gasteiger partial charge in [0.1, 0.15) is 0 Å². The Labute approximate surface area is 341 Å². The third-order valence-electron chi connectivity index (χ3n) is 13.3. The van der Waals surface area contributed by atoms with Gasteiger partial charge in [-0.3, -0.25) is 0 Å². The average molecular weight is 745 g/mol. The van der Waals surface area contributed by atoms with E-state index in [-0.39, 0.29) is 21.7 Å². The molecular weight excluding hydrogens is 649 g/mol. The highest BCUT2D eigenvalue weighted by Crippen LogP contribution is 2.51. The Kier molecular flexibility index (Phi) is 17.6. The van der Waals surface area contributed by atoms with Crippen LogP contribution in [0.5, 0.6) is 0 Å². The van der Waals surface area contributed by atoms with Crippen molar-refractivity contribution in [1.29, 1.82) is 0 Å². The van der Waals surface area contributed by atoms with Crippen LogP contribution >= 0.6 is 0 Å². The maximum absolute atomic E-state index is 2.43. The predicted molar refractivity (Wildman–Crippen MR) is 247 cm³/mol. The highest BCUT2D eigenvalue weighted by atomic mass is 14.5. The van der Waals surface area contributed by atoms with Gasteiger partial charge in [0.2, 0.25) is 0 Å². The molecule has 3 atom stereocenters.